The molecule has 0 amide bonds. The van der Waals surface area contributed by atoms with Crippen LogP contribution in [-0.4, -0.2) is 35.2 Å². The standard InChI is InChI=1S/C13H25NO/c1-2-14(10-11-5-3-6-11)12-7-4-8-13(15)9-12/h11-13,15H,2-10H2,1H3. The van der Waals surface area contributed by atoms with Crippen LogP contribution in [-0.2, 0) is 0 Å². The van der Waals surface area contributed by atoms with Gasteiger partial charge >= 0.3 is 0 Å². The van der Waals surface area contributed by atoms with Crippen molar-refractivity contribution in [2.24, 2.45) is 5.92 Å². The summed E-state index contributed by atoms with van der Waals surface area (Å²) in [5.74, 6) is 0.962. The highest BCUT2D eigenvalue weighted by molar-refractivity contribution is 4.82. The first-order valence-corrected chi connectivity index (χ1v) is 6.71. The summed E-state index contributed by atoms with van der Waals surface area (Å²) in [5, 5.41) is 9.70. The van der Waals surface area contributed by atoms with Crippen molar-refractivity contribution in [3.05, 3.63) is 0 Å². The minimum absolute atomic E-state index is 0.0285. The summed E-state index contributed by atoms with van der Waals surface area (Å²) >= 11 is 0. The molecule has 0 heterocycles. The molecule has 2 fully saturated rings. The van der Waals surface area contributed by atoms with Gasteiger partial charge < -0.3 is 10.0 Å². The van der Waals surface area contributed by atoms with Crippen LogP contribution in [0.5, 0.6) is 0 Å². The van der Waals surface area contributed by atoms with E-state index in [-0.39, 0.29) is 6.10 Å². The lowest BCUT2D eigenvalue weighted by Gasteiger charge is -2.39. The molecule has 0 radical (unpaired) electrons. The molecule has 2 nitrogen and oxygen atoms in total. The third-order valence-corrected chi connectivity index (χ3v) is 4.26. The highest BCUT2D eigenvalue weighted by atomic mass is 16.3. The van der Waals surface area contributed by atoms with Crippen LogP contribution in [0.4, 0.5) is 0 Å². The molecule has 0 spiro atoms. The Morgan fingerprint density at radius 2 is 1.87 bits per heavy atom. The normalized spacial score (nSPS) is 33.0. The molecule has 0 saturated heterocycles. The molecule has 0 aromatic heterocycles. The van der Waals surface area contributed by atoms with Gasteiger partial charge in [-0.25, -0.2) is 0 Å². The van der Waals surface area contributed by atoms with Gasteiger partial charge in [0.1, 0.15) is 0 Å². The van der Waals surface area contributed by atoms with E-state index in [0.717, 1.165) is 25.3 Å². The molecule has 0 bridgehead atoms. The summed E-state index contributed by atoms with van der Waals surface area (Å²) in [4.78, 5) is 2.62. The number of aliphatic hydroxyl groups is 1. The van der Waals surface area contributed by atoms with Crippen LogP contribution in [0, 0.1) is 5.92 Å². The molecular formula is C13H25NO. The maximum Gasteiger partial charge on any atom is 0.0555 e. The van der Waals surface area contributed by atoms with E-state index in [4.69, 9.17) is 0 Å². The van der Waals surface area contributed by atoms with Gasteiger partial charge in [0.25, 0.3) is 0 Å². The fourth-order valence-electron chi connectivity index (χ4n) is 3.01. The molecule has 2 aliphatic carbocycles. The first-order valence-electron chi connectivity index (χ1n) is 6.71. The Hall–Kier alpha value is -0.0800. The largest absolute Gasteiger partial charge is 0.393 e. The van der Waals surface area contributed by atoms with Crippen LogP contribution in [0.15, 0.2) is 0 Å². The second-order valence-corrected chi connectivity index (χ2v) is 5.36. The minimum Gasteiger partial charge on any atom is -0.393 e. The van der Waals surface area contributed by atoms with E-state index >= 15 is 0 Å². The van der Waals surface area contributed by atoms with Crippen molar-refractivity contribution < 1.29 is 5.11 Å². The third-order valence-electron chi connectivity index (χ3n) is 4.26. The Labute approximate surface area is 93.7 Å². The molecule has 2 atom stereocenters. The molecule has 0 aromatic rings. The van der Waals surface area contributed by atoms with E-state index in [1.165, 1.54) is 38.6 Å². The quantitative estimate of drug-likeness (QED) is 0.772. The highest BCUT2D eigenvalue weighted by Crippen LogP contribution is 2.30. The topological polar surface area (TPSA) is 23.5 Å². The summed E-state index contributed by atoms with van der Waals surface area (Å²) in [7, 11) is 0. The van der Waals surface area contributed by atoms with Crippen molar-refractivity contribution in [1.29, 1.82) is 0 Å². The van der Waals surface area contributed by atoms with Crippen molar-refractivity contribution in [1.82, 2.24) is 4.90 Å². The summed E-state index contributed by atoms with van der Waals surface area (Å²) < 4.78 is 0. The van der Waals surface area contributed by atoms with Gasteiger partial charge in [-0.15, -0.1) is 0 Å². The molecule has 15 heavy (non-hydrogen) atoms. The van der Waals surface area contributed by atoms with E-state index in [1.54, 1.807) is 0 Å². The van der Waals surface area contributed by atoms with Crippen LogP contribution in [0.3, 0.4) is 0 Å². The monoisotopic (exact) mass is 211 g/mol. The van der Waals surface area contributed by atoms with E-state index in [2.05, 4.69) is 11.8 Å². The number of hydrogen-bond acceptors (Lipinski definition) is 2. The van der Waals surface area contributed by atoms with E-state index in [9.17, 15) is 5.11 Å². The Balaban J connectivity index is 1.81. The van der Waals surface area contributed by atoms with Crippen LogP contribution in [0.1, 0.15) is 51.9 Å². The van der Waals surface area contributed by atoms with Gasteiger partial charge in [0.15, 0.2) is 0 Å². The molecule has 2 unspecified atom stereocenters. The molecule has 2 aliphatic rings. The SMILES string of the molecule is CCN(CC1CCC1)C1CCCC(O)C1. The van der Waals surface area contributed by atoms with Crippen molar-refractivity contribution in [3.8, 4) is 0 Å². The zero-order valence-electron chi connectivity index (χ0n) is 9.99. The maximum absolute atomic E-state index is 9.70. The number of nitrogens with zero attached hydrogens (tertiary/aromatic N) is 1. The summed E-state index contributed by atoms with van der Waals surface area (Å²) in [6, 6.07) is 0.666. The van der Waals surface area contributed by atoms with E-state index in [0.29, 0.717) is 6.04 Å². The molecule has 0 aromatic carbocycles. The van der Waals surface area contributed by atoms with Gasteiger partial charge in [0.2, 0.25) is 0 Å². The van der Waals surface area contributed by atoms with Gasteiger partial charge in [-0.05, 0) is 51.0 Å². The van der Waals surface area contributed by atoms with Crippen LogP contribution >= 0.6 is 0 Å². The summed E-state index contributed by atoms with van der Waals surface area (Å²) in [6.07, 6.45) is 8.84. The minimum atomic E-state index is -0.0285. The Morgan fingerprint density at radius 1 is 1.13 bits per heavy atom. The molecule has 0 aliphatic heterocycles. The second-order valence-electron chi connectivity index (χ2n) is 5.36. The van der Waals surface area contributed by atoms with Crippen molar-refractivity contribution in [2.75, 3.05) is 13.1 Å². The fraction of sp³-hybridized carbons (Fsp3) is 1.00. The molecule has 88 valence electrons. The van der Waals surface area contributed by atoms with Gasteiger partial charge in [-0.2, -0.15) is 0 Å². The van der Waals surface area contributed by atoms with Crippen LogP contribution in [0.2, 0.25) is 0 Å². The lowest BCUT2D eigenvalue weighted by atomic mass is 9.83. The summed E-state index contributed by atoms with van der Waals surface area (Å²) in [6.45, 7) is 4.71. The number of hydrogen-bond donors (Lipinski definition) is 1. The van der Waals surface area contributed by atoms with Crippen molar-refractivity contribution in [3.63, 3.8) is 0 Å². The van der Waals surface area contributed by atoms with Crippen molar-refractivity contribution in [2.45, 2.75) is 64.0 Å². The average Bonchev–Trinajstić information content (AvgIpc) is 2.16. The van der Waals surface area contributed by atoms with Gasteiger partial charge in [-0.1, -0.05) is 13.3 Å². The zero-order chi connectivity index (χ0) is 10.7. The van der Waals surface area contributed by atoms with Crippen LogP contribution in [0.25, 0.3) is 0 Å². The molecule has 1 N–H and O–H groups in total. The second kappa shape index (κ2) is 5.31. The fourth-order valence-corrected chi connectivity index (χ4v) is 3.01. The predicted molar refractivity (Wildman–Crippen MR) is 62.9 cm³/mol. The first kappa shape index (κ1) is 11.4. The highest BCUT2D eigenvalue weighted by Gasteiger charge is 2.28. The Morgan fingerprint density at radius 3 is 2.40 bits per heavy atom. The predicted octanol–water partition coefficient (Wildman–Crippen LogP) is 2.41. The molecule has 2 heteroatoms. The Bertz CT molecular complexity index is 191. The first-order chi connectivity index (χ1) is 7.29. The lowest BCUT2D eigenvalue weighted by molar-refractivity contribution is 0.0491. The zero-order valence-corrected chi connectivity index (χ0v) is 9.99. The lowest BCUT2D eigenvalue weighted by Crippen LogP contribution is -2.43. The summed E-state index contributed by atoms with van der Waals surface area (Å²) in [5.41, 5.74) is 0. The average molecular weight is 211 g/mol. The maximum atomic E-state index is 9.70. The van der Waals surface area contributed by atoms with Crippen molar-refractivity contribution >= 4 is 0 Å². The van der Waals surface area contributed by atoms with Gasteiger partial charge in [0, 0.05) is 12.6 Å². The van der Waals surface area contributed by atoms with Gasteiger partial charge in [0.05, 0.1) is 6.10 Å². The van der Waals surface area contributed by atoms with Gasteiger partial charge in [-0.3, -0.25) is 0 Å². The molecule has 2 rings (SSSR count). The molecular weight excluding hydrogens is 186 g/mol. The van der Waals surface area contributed by atoms with E-state index < -0.39 is 0 Å². The smallest absolute Gasteiger partial charge is 0.0555 e. The number of rotatable bonds is 4. The third kappa shape index (κ3) is 2.94. The number of aliphatic hydroxyl groups excluding tert-OH is 1. The Kier molecular flexibility index (Phi) is 4.04. The van der Waals surface area contributed by atoms with Crippen LogP contribution < -0.4 is 0 Å². The van der Waals surface area contributed by atoms with E-state index in [1.807, 2.05) is 0 Å². The molecule has 2 saturated carbocycles.